The van der Waals surface area contributed by atoms with Crippen LogP contribution in [0.1, 0.15) is 10.4 Å². The van der Waals surface area contributed by atoms with Crippen LogP contribution in [0.3, 0.4) is 0 Å². The van der Waals surface area contributed by atoms with Crippen LogP contribution in [0.15, 0.2) is 30.3 Å². The van der Waals surface area contributed by atoms with Crippen LogP contribution in [0.2, 0.25) is 0 Å². The third-order valence-electron chi connectivity index (χ3n) is 1.02. The molecule has 0 atom stereocenters. The molecule has 1 N–H and O–H groups in total. The molecule has 0 aromatic heterocycles. The molecular weight excluding hydrogens is 279 g/mol. The number of hydrogen-bond donors (Lipinski definition) is 1. The minimum atomic E-state index is -0.879. The number of rotatable bonds is 1. The maximum Gasteiger partial charge on any atom is 0.335 e. The second kappa shape index (κ2) is 4.73. The summed E-state index contributed by atoms with van der Waals surface area (Å²) in [5.41, 5.74) is 0.331. The molecule has 0 saturated carbocycles. The fourth-order valence-corrected chi connectivity index (χ4v) is 0.581. The van der Waals surface area contributed by atoms with Crippen LogP contribution in [-0.4, -0.2) is 11.1 Å². The summed E-state index contributed by atoms with van der Waals surface area (Å²) < 4.78 is 0. The van der Waals surface area contributed by atoms with Gasteiger partial charge in [-0.2, -0.15) is 0 Å². The number of benzene rings is 1. The Hall–Kier alpha value is -0.0373. The fourth-order valence-electron chi connectivity index (χ4n) is 0.581. The quantitative estimate of drug-likeness (QED) is 0.846. The fraction of sp³-hybridized carbons (Fsp3) is 0. The van der Waals surface area contributed by atoms with E-state index in [9.17, 15) is 4.79 Å². The van der Waals surface area contributed by atoms with Crippen molar-refractivity contribution in [2.45, 2.75) is 0 Å². The average Bonchev–Trinajstić information content (AvgIpc) is 1.90. The molecule has 0 fully saturated rings. The topological polar surface area (TPSA) is 37.3 Å². The Morgan fingerprint density at radius 1 is 1.20 bits per heavy atom. The van der Waals surface area contributed by atoms with Gasteiger partial charge in [0.25, 0.3) is 0 Å². The zero-order chi connectivity index (χ0) is 6.69. The van der Waals surface area contributed by atoms with Crippen molar-refractivity contribution in [2.24, 2.45) is 0 Å². The van der Waals surface area contributed by atoms with Crippen LogP contribution in [0.4, 0.5) is 0 Å². The van der Waals surface area contributed by atoms with Crippen LogP contribution in [-0.2, 0) is 0 Å². The van der Waals surface area contributed by atoms with Gasteiger partial charge in [-0.25, -0.2) is 4.79 Å². The third kappa shape index (κ3) is 2.70. The molecular formula is C7H6DyO2. The maximum atomic E-state index is 10.2. The molecule has 0 bridgehead atoms. The molecule has 1 rings (SSSR count). The van der Waals surface area contributed by atoms with Gasteiger partial charge in [-0.05, 0) is 12.1 Å². The molecule has 2 nitrogen and oxygen atoms in total. The molecule has 56 valence electrons. The van der Waals surface area contributed by atoms with Gasteiger partial charge in [-0.1, -0.05) is 18.2 Å². The largest absolute Gasteiger partial charge is 0.478 e. The molecule has 0 aliphatic rings. The molecule has 0 aliphatic carbocycles. The molecule has 0 saturated heterocycles. The summed E-state index contributed by atoms with van der Waals surface area (Å²) in [6.45, 7) is 0. The smallest absolute Gasteiger partial charge is 0.335 e. The summed E-state index contributed by atoms with van der Waals surface area (Å²) >= 11 is 0. The predicted octanol–water partition coefficient (Wildman–Crippen LogP) is 1.38. The Bertz CT molecular complexity index is 208. The molecule has 0 spiro atoms. The van der Waals surface area contributed by atoms with Gasteiger partial charge in [-0.15, -0.1) is 0 Å². The van der Waals surface area contributed by atoms with E-state index in [1.807, 2.05) is 0 Å². The molecule has 0 unspecified atom stereocenters. The summed E-state index contributed by atoms with van der Waals surface area (Å²) in [6.07, 6.45) is 0. The van der Waals surface area contributed by atoms with Crippen LogP contribution in [0.5, 0.6) is 0 Å². The van der Waals surface area contributed by atoms with E-state index >= 15 is 0 Å². The third-order valence-corrected chi connectivity index (χ3v) is 1.02. The van der Waals surface area contributed by atoms with Crippen molar-refractivity contribution in [1.29, 1.82) is 0 Å². The normalized spacial score (nSPS) is 8.00. The van der Waals surface area contributed by atoms with Crippen molar-refractivity contribution in [3.05, 3.63) is 35.9 Å². The molecule has 0 amide bonds. The summed E-state index contributed by atoms with van der Waals surface area (Å²) in [7, 11) is 0. The molecule has 3 heteroatoms. The zero-order valence-corrected chi connectivity index (χ0v) is 7.09. The number of carboxylic acids is 1. The van der Waals surface area contributed by atoms with Gasteiger partial charge >= 0.3 is 5.97 Å². The zero-order valence-electron chi connectivity index (χ0n) is 5.06. The van der Waals surface area contributed by atoms with Gasteiger partial charge in [0, 0.05) is 38.2 Å². The van der Waals surface area contributed by atoms with Crippen LogP contribution in [0.25, 0.3) is 0 Å². The van der Waals surface area contributed by atoms with E-state index in [-0.39, 0.29) is 38.2 Å². The van der Waals surface area contributed by atoms with E-state index in [0.717, 1.165) is 0 Å². The molecule has 0 heterocycles. The van der Waals surface area contributed by atoms with Crippen LogP contribution < -0.4 is 0 Å². The minimum absolute atomic E-state index is 0. The van der Waals surface area contributed by atoms with Gasteiger partial charge in [0.05, 0.1) is 5.56 Å². The molecule has 1 aromatic carbocycles. The van der Waals surface area contributed by atoms with E-state index in [4.69, 9.17) is 5.11 Å². The number of carboxylic acid groups (broad SMARTS) is 1. The van der Waals surface area contributed by atoms with Crippen molar-refractivity contribution in [2.75, 3.05) is 0 Å². The van der Waals surface area contributed by atoms with E-state index in [1.165, 1.54) is 0 Å². The van der Waals surface area contributed by atoms with Gasteiger partial charge < -0.3 is 5.11 Å². The van der Waals surface area contributed by atoms with E-state index < -0.39 is 5.97 Å². The first-order chi connectivity index (χ1) is 4.30. The first-order valence-electron chi connectivity index (χ1n) is 2.59. The average molecular weight is 285 g/mol. The summed E-state index contributed by atoms with van der Waals surface area (Å²) in [6, 6.07) is 8.30. The standard InChI is InChI=1S/C7H6O2.Dy/c8-7(9)6-4-2-1-3-5-6;/h1-5H,(H,8,9);. The van der Waals surface area contributed by atoms with Gasteiger partial charge in [0.1, 0.15) is 0 Å². The Kier molecular flexibility index (Phi) is 4.71. The van der Waals surface area contributed by atoms with E-state index in [2.05, 4.69) is 0 Å². The monoisotopic (exact) mass is 286 g/mol. The van der Waals surface area contributed by atoms with Crippen molar-refractivity contribution in [1.82, 2.24) is 0 Å². The number of aromatic carboxylic acids is 1. The summed E-state index contributed by atoms with van der Waals surface area (Å²) in [4.78, 5) is 10.2. The Morgan fingerprint density at radius 2 is 1.70 bits per heavy atom. The molecule has 10 heavy (non-hydrogen) atoms. The molecule has 0 aliphatic heterocycles. The molecule has 1 aromatic rings. The van der Waals surface area contributed by atoms with Gasteiger partial charge in [0.2, 0.25) is 0 Å². The van der Waals surface area contributed by atoms with Crippen molar-refractivity contribution < 1.29 is 48.1 Å². The maximum absolute atomic E-state index is 10.2. The van der Waals surface area contributed by atoms with Gasteiger partial charge in [0.15, 0.2) is 0 Å². The SMILES string of the molecule is O=C(O)c1ccccc1.[Dy]. The Balaban J connectivity index is 0.000000810. The minimum Gasteiger partial charge on any atom is -0.478 e. The van der Waals surface area contributed by atoms with Crippen LogP contribution in [0, 0.1) is 38.2 Å². The Morgan fingerprint density at radius 3 is 2.00 bits per heavy atom. The number of carbonyl (C=O) groups is 1. The molecule has 0 radical (unpaired) electrons. The first kappa shape index (κ1) is 9.96. The second-order valence-electron chi connectivity index (χ2n) is 1.67. The predicted molar refractivity (Wildman–Crippen MR) is 33.4 cm³/mol. The van der Waals surface area contributed by atoms with E-state index in [0.29, 0.717) is 5.56 Å². The van der Waals surface area contributed by atoms with Crippen LogP contribution >= 0.6 is 0 Å². The van der Waals surface area contributed by atoms with Crippen molar-refractivity contribution >= 4 is 5.97 Å². The van der Waals surface area contributed by atoms with Crippen molar-refractivity contribution in [3.63, 3.8) is 0 Å². The second-order valence-corrected chi connectivity index (χ2v) is 1.67. The van der Waals surface area contributed by atoms with E-state index in [1.54, 1.807) is 30.3 Å². The van der Waals surface area contributed by atoms with Crippen molar-refractivity contribution in [3.8, 4) is 0 Å². The Labute approximate surface area is 89.3 Å². The number of hydrogen-bond acceptors (Lipinski definition) is 1. The van der Waals surface area contributed by atoms with Gasteiger partial charge in [-0.3, -0.25) is 0 Å². The first-order valence-corrected chi connectivity index (χ1v) is 2.59. The summed E-state index contributed by atoms with van der Waals surface area (Å²) in [5.74, 6) is -0.879. The summed E-state index contributed by atoms with van der Waals surface area (Å²) in [5, 5.41) is 8.38.